The number of hydrogen-bond acceptors (Lipinski definition) is 3. The number of allylic oxidation sites excluding steroid dienone is 1. The van der Waals surface area contributed by atoms with Gasteiger partial charge >= 0.3 is 0 Å². The van der Waals surface area contributed by atoms with Crippen molar-refractivity contribution in [1.82, 2.24) is 4.98 Å². The minimum absolute atomic E-state index is 0.0875. The third-order valence-corrected chi connectivity index (χ3v) is 2.50. The van der Waals surface area contributed by atoms with Gasteiger partial charge in [0, 0.05) is 10.9 Å². The number of nitrogens with one attached hydrogen (secondary N) is 1. The van der Waals surface area contributed by atoms with E-state index in [9.17, 15) is 4.79 Å². The third-order valence-electron chi connectivity index (χ3n) is 2.50. The molecule has 17 heavy (non-hydrogen) atoms. The average Bonchev–Trinajstić information content (AvgIpc) is 2.80. The van der Waals surface area contributed by atoms with Crippen molar-refractivity contribution in [2.24, 2.45) is 0 Å². The van der Waals surface area contributed by atoms with E-state index in [-0.39, 0.29) is 5.57 Å². The first-order valence-corrected chi connectivity index (χ1v) is 4.97. The Morgan fingerprint density at radius 3 is 2.94 bits per heavy atom. The van der Waals surface area contributed by atoms with Crippen molar-refractivity contribution in [3.8, 4) is 11.8 Å². The number of rotatable bonds is 3. The smallest absolute Gasteiger partial charge is 0.219 e. The van der Waals surface area contributed by atoms with E-state index in [1.165, 1.54) is 0 Å². The lowest BCUT2D eigenvalue weighted by molar-refractivity contribution is 0.103. The van der Waals surface area contributed by atoms with Gasteiger partial charge in [0.1, 0.15) is 11.8 Å². The third kappa shape index (κ3) is 1.79. The van der Waals surface area contributed by atoms with Crippen LogP contribution in [-0.2, 0) is 0 Å². The molecule has 0 aliphatic heterocycles. The summed E-state index contributed by atoms with van der Waals surface area (Å²) >= 11 is 0. The molecule has 84 valence electrons. The summed E-state index contributed by atoms with van der Waals surface area (Å²) in [6.45, 7) is 3.40. The standard InChI is InChI=1S/C13H10N2O2/c1-8(7-14)13(16)11-6-9-10(15-11)4-3-5-12(9)17-2/h3-6,15H,1H2,2H3. The Morgan fingerprint density at radius 2 is 2.29 bits per heavy atom. The number of nitrogens with zero attached hydrogens (tertiary/aromatic N) is 1. The Morgan fingerprint density at radius 1 is 1.53 bits per heavy atom. The van der Waals surface area contributed by atoms with Crippen LogP contribution >= 0.6 is 0 Å². The zero-order chi connectivity index (χ0) is 12.4. The Balaban J connectivity index is 2.56. The summed E-state index contributed by atoms with van der Waals surface area (Å²) in [4.78, 5) is 14.7. The number of H-pyrrole nitrogens is 1. The van der Waals surface area contributed by atoms with E-state index >= 15 is 0 Å². The van der Waals surface area contributed by atoms with Gasteiger partial charge in [0.25, 0.3) is 0 Å². The summed E-state index contributed by atoms with van der Waals surface area (Å²) in [5.41, 5.74) is 1.05. The quantitative estimate of drug-likeness (QED) is 0.496. The largest absolute Gasteiger partial charge is 0.496 e. The first-order valence-electron chi connectivity index (χ1n) is 4.97. The maximum absolute atomic E-state index is 11.8. The molecule has 1 aromatic carbocycles. The summed E-state index contributed by atoms with van der Waals surface area (Å²) in [6.07, 6.45) is 0. The van der Waals surface area contributed by atoms with Crippen molar-refractivity contribution in [1.29, 1.82) is 5.26 Å². The van der Waals surface area contributed by atoms with Gasteiger partial charge in [-0.25, -0.2) is 0 Å². The van der Waals surface area contributed by atoms with Crippen LogP contribution in [0.4, 0.5) is 0 Å². The summed E-state index contributed by atoms with van der Waals surface area (Å²) in [7, 11) is 1.57. The summed E-state index contributed by atoms with van der Waals surface area (Å²) in [5.74, 6) is 0.283. The second-order valence-corrected chi connectivity index (χ2v) is 3.52. The highest BCUT2D eigenvalue weighted by Crippen LogP contribution is 2.26. The predicted molar refractivity (Wildman–Crippen MR) is 63.9 cm³/mol. The summed E-state index contributed by atoms with van der Waals surface area (Å²) < 4.78 is 5.19. The van der Waals surface area contributed by atoms with Gasteiger partial charge in [-0.1, -0.05) is 12.6 Å². The molecule has 0 fully saturated rings. The van der Waals surface area contributed by atoms with Crippen LogP contribution in [-0.4, -0.2) is 17.9 Å². The van der Waals surface area contributed by atoms with Crippen molar-refractivity contribution >= 4 is 16.7 Å². The van der Waals surface area contributed by atoms with Gasteiger partial charge in [0.05, 0.1) is 18.4 Å². The van der Waals surface area contributed by atoms with Gasteiger partial charge < -0.3 is 9.72 Å². The molecule has 0 spiro atoms. The highest BCUT2D eigenvalue weighted by Gasteiger charge is 2.14. The van der Waals surface area contributed by atoms with Gasteiger partial charge in [0.15, 0.2) is 0 Å². The lowest BCUT2D eigenvalue weighted by Crippen LogP contribution is -2.00. The Kier molecular flexibility index (Phi) is 2.67. The maximum atomic E-state index is 11.8. The molecule has 2 aromatic rings. The number of ether oxygens (including phenoxy) is 1. The normalized spacial score (nSPS) is 9.88. The Hall–Kier alpha value is -2.54. The van der Waals surface area contributed by atoms with Crippen LogP contribution in [0.2, 0.25) is 0 Å². The zero-order valence-corrected chi connectivity index (χ0v) is 9.28. The number of carbonyl (C=O) groups is 1. The molecule has 0 bridgehead atoms. The minimum Gasteiger partial charge on any atom is -0.496 e. The van der Waals surface area contributed by atoms with Gasteiger partial charge in [-0.05, 0) is 18.2 Å². The van der Waals surface area contributed by atoms with Crippen LogP contribution in [0, 0.1) is 11.3 Å². The molecule has 1 N–H and O–H groups in total. The number of methoxy groups -OCH3 is 1. The topological polar surface area (TPSA) is 65.9 Å². The van der Waals surface area contributed by atoms with E-state index in [0.717, 1.165) is 10.9 Å². The number of nitriles is 1. The maximum Gasteiger partial charge on any atom is 0.219 e. The number of hydrogen-bond donors (Lipinski definition) is 1. The number of ketones is 1. The molecule has 0 aliphatic carbocycles. The molecule has 4 heteroatoms. The summed E-state index contributed by atoms with van der Waals surface area (Å²) in [6, 6.07) is 8.88. The van der Waals surface area contributed by atoms with E-state index in [1.54, 1.807) is 19.2 Å². The average molecular weight is 226 g/mol. The number of Topliss-reactive ketones (excluding diaryl/α,β-unsaturated/α-hetero) is 1. The van der Waals surface area contributed by atoms with Gasteiger partial charge in [0.2, 0.25) is 5.78 Å². The van der Waals surface area contributed by atoms with Crippen LogP contribution < -0.4 is 4.74 Å². The molecule has 0 amide bonds. The molecule has 0 saturated carbocycles. The molecule has 0 aliphatic rings. The van der Waals surface area contributed by atoms with Crippen LogP contribution in [0.5, 0.6) is 5.75 Å². The molecular formula is C13H10N2O2. The Labute approximate surface area is 98.1 Å². The fraction of sp³-hybridized carbons (Fsp3) is 0.0769. The van der Waals surface area contributed by atoms with Crippen molar-refractivity contribution in [3.05, 3.63) is 42.1 Å². The van der Waals surface area contributed by atoms with Crippen LogP contribution in [0.15, 0.2) is 36.4 Å². The number of benzene rings is 1. The highest BCUT2D eigenvalue weighted by molar-refractivity contribution is 6.12. The molecular weight excluding hydrogens is 216 g/mol. The first kappa shape index (κ1) is 11.0. The van der Waals surface area contributed by atoms with E-state index in [4.69, 9.17) is 10.00 Å². The van der Waals surface area contributed by atoms with Gasteiger partial charge in [-0.2, -0.15) is 5.26 Å². The van der Waals surface area contributed by atoms with Crippen molar-refractivity contribution in [2.45, 2.75) is 0 Å². The number of carbonyl (C=O) groups excluding carboxylic acids is 1. The van der Waals surface area contributed by atoms with Gasteiger partial charge in [-0.15, -0.1) is 0 Å². The van der Waals surface area contributed by atoms with Crippen molar-refractivity contribution in [2.75, 3.05) is 7.11 Å². The van der Waals surface area contributed by atoms with Gasteiger partial charge in [-0.3, -0.25) is 4.79 Å². The molecule has 0 unspecified atom stereocenters. The summed E-state index contributed by atoms with van der Waals surface area (Å²) in [5, 5.41) is 9.44. The number of aromatic amines is 1. The van der Waals surface area contributed by atoms with E-state index in [2.05, 4.69) is 11.6 Å². The minimum atomic E-state index is -0.397. The van der Waals surface area contributed by atoms with Crippen LogP contribution in [0.25, 0.3) is 10.9 Å². The SMILES string of the molecule is C=C(C#N)C(=O)c1cc2c(OC)cccc2[nH]1. The predicted octanol–water partition coefficient (Wildman–Crippen LogP) is 2.44. The highest BCUT2D eigenvalue weighted by atomic mass is 16.5. The molecule has 1 heterocycles. The monoisotopic (exact) mass is 226 g/mol. The molecule has 2 rings (SSSR count). The van der Waals surface area contributed by atoms with Crippen LogP contribution in [0.1, 0.15) is 10.5 Å². The molecule has 0 atom stereocenters. The molecule has 0 radical (unpaired) electrons. The van der Waals surface area contributed by atoms with Crippen LogP contribution in [0.3, 0.4) is 0 Å². The van der Waals surface area contributed by atoms with E-state index in [0.29, 0.717) is 11.4 Å². The number of aromatic nitrogens is 1. The van der Waals surface area contributed by atoms with E-state index < -0.39 is 5.78 Å². The molecule has 4 nitrogen and oxygen atoms in total. The van der Waals surface area contributed by atoms with Crippen molar-refractivity contribution < 1.29 is 9.53 Å². The molecule has 1 aromatic heterocycles. The first-order chi connectivity index (χ1) is 8.17. The number of fused-ring (bicyclic) bond motifs is 1. The Bertz CT molecular complexity index is 647. The molecule has 0 saturated heterocycles. The second kappa shape index (κ2) is 4.14. The lowest BCUT2D eigenvalue weighted by Gasteiger charge is -1.99. The van der Waals surface area contributed by atoms with E-state index in [1.807, 2.05) is 18.2 Å². The zero-order valence-electron chi connectivity index (χ0n) is 9.28. The van der Waals surface area contributed by atoms with Crippen molar-refractivity contribution in [3.63, 3.8) is 0 Å². The second-order valence-electron chi connectivity index (χ2n) is 3.52. The fourth-order valence-electron chi connectivity index (χ4n) is 1.64. The fourth-order valence-corrected chi connectivity index (χ4v) is 1.64. The lowest BCUT2D eigenvalue weighted by atomic mass is 10.1.